The monoisotopic (exact) mass is 1440 g/mol. The minimum Gasteiger partial charge on any atom is -0.334 e. The van der Waals surface area contributed by atoms with Crippen molar-refractivity contribution in [2.24, 2.45) is 0 Å². The molecule has 2 unspecified atom stereocenters. The highest BCUT2D eigenvalue weighted by atomic mass is 15.2. The van der Waals surface area contributed by atoms with Crippen molar-refractivity contribution in [3.63, 3.8) is 0 Å². The maximum atomic E-state index is 2.56. The zero-order valence-corrected chi connectivity index (χ0v) is 62.4. The molecular weight excluding hydrogens is 1370 g/mol. The van der Waals surface area contributed by atoms with E-state index in [1.807, 2.05) is 0 Å². The Labute approximate surface area is 662 Å². The van der Waals surface area contributed by atoms with E-state index in [9.17, 15) is 0 Å². The summed E-state index contributed by atoms with van der Waals surface area (Å²) in [5, 5.41) is 0. The Morgan fingerprint density at radius 1 is 0.204 bits per heavy atom. The van der Waals surface area contributed by atoms with Crippen LogP contribution in [0.2, 0.25) is 0 Å². The molecule has 113 heavy (non-hydrogen) atoms. The fraction of sp³-hybridized carbons (Fsp3) is 0.0275. The molecule has 3 aliphatic carbocycles. The van der Waals surface area contributed by atoms with Crippen LogP contribution in [0.5, 0.6) is 0 Å². The van der Waals surface area contributed by atoms with Crippen molar-refractivity contribution < 1.29 is 0 Å². The minimum atomic E-state index is -0.722. The summed E-state index contributed by atoms with van der Waals surface area (Å²) >= 11 is 0. The Bertz CT molecular complexity index is 6210. The number of fused-ring (bicyclic) bond motifs is 10. The number of hydrogen-bond donors (Lipinski definition) is 0. The van der Waals surface area contributed by atoms with Crippen LogP contribution in [0.15, 0.2) is 455 Å². The average molecular weight is 1440 g/mol. The molecule has 4 heteroatoms. The molecule has 0 saturated carbocycles. The number of hydrogen-bond acceptors (Lipinski definition) is 4. The van der Waals surface area contributed by atoms with Crippen LogP contribution in [0.25, 0.3) is 83.5 Å². The van der Waals surface area contributed by atoms with Gasteiger partial charge in [0.15, 0.2) is 0 Å². The predicted octanol–water partition coefficient (Wildman–Crippen LogP) is 29.3. The van der Waals surface area contributed by atoms with E-state index in [-0.39, 0.29) is 6.04 Å². The Balaban J connectivity index is 0.793. The SMILES string of the molecule is C1=CC(N(c2ccccc2)c2cc(-c3ccc4c(c3)C3(c5ccccc5-4)c4ccccc4-c4c(-c5cc(N(c6ccccc6)c6ccc(-c7ccccc7)cc6)cc(N(c6ccccc6)c6ccc(-c7ccccc7)cc6)c5)cccc43)cc(N(c3ccccc3)c3ccc(-c4ccccc4)cc3)c2)CC=C1c1ccccc1. The maximum Gasteiger partial charge on any atom is 0.0725 e. The summed E-state index contributed by atoms with van der Waals surface area (Å²) in [6.45, 7) is 0. The first-order valence-electron chi connectivity index (χ1n) is 39.1. The summed E-state index contributed by atoms with van der Waals surface area (Å²) in [6.07, 6.45) is 7.95. The summed E-state index contributed by atoms with van der Waals surface area (Å²) in [5.74, 6) is 0. The third-order valence-electron chi connectivity index (χ3n) is 22.9. The van der Waals surface area contributed by atoms with Crippen LogP contribution < -0.4 is 19.6 Å². The molecule has 0 heterocycles. The summed E-state index contributed by atoms with van der Waals surface area (Å²) in [4.78, 5) is 9.85. The Morgan fingerprint density at radius 2 is 0.540 bits per heavy atom. The highest BCUT2D eigenvalue weighted by molar-refractivity contribution is 6.02. The van der Waals surface area contributed by atoms with Crippen LogP contribution in [0, 0.1) is 0 Å². The quantitative estimate of drug-likeness (QED) is 0.0849. The smallest absolute Gasteiger partial charge is 0.0725 e. The van der Waals surface area contributed by atoms with Crippen LogP contribution in [0.3, 0.4) is 0 Å². The van der Waals surface area contributed by atoms with E-state index < -0.39 is 5.41 Å². The number of benzene rings is 17. The summed E-state index contributed by atoms with van der Waals surface area (Å²) in [6, 6.07) is 161. The van der Waals surface area contributed by atoms with E-state index in [1.54, 1.807) is 0 Å². The van der Waals surface area contributed by atoms with E-state index in [4.69, 9.17) is 0 Å². The van der Waals surface area contributed by atoms with Gasteiger partial charge in [-0.15, -0.1) is 0 Å². The van der Waals surface area contributed by atoms with Crippen molar-refractivity contribution in [1.82, 2.24) is 0 Å². The van der Waals surface area contributed by atoms with Gasteiger partial charge >= 0.3 is 0 Å². The fourth-order valence-corrected chi connectivity index (χ4v) is 17.8. The Kier molecular flexibility index (Phi) is 17.6. The molecule has 0 aliphatic heterocycles. The van der Waals surface area contributed by atoms with Gasteiger partial charge in [-0.05, 0) is 245 Å². The number of anilines is 11. The zero-order chi connectivity index (χ0) is 75.0. The molecular formula is C109H78N4. The van der Waals surface area contributed by atoms with Gasteiger partial charge in [-0.1, -0.05) is 328 Å². The van der Waals surface area contributed by atoms with E-state index in [1.165, 1.54) is 77.9 Å². The van der Waals surface area contributed by atoms with Crippen molar-refractivity contribution >= 4 is 68.1 Å². The van der Waals surface area contributed by atoms with Gasteiger partial charge in [0.05, 0.1) is 11.5 Å². The third kappa shape index (κ3) is 12.5. The molecule has 534 valence electrons. The molecule has 17 aromatic carbocycles. The van der Waals surface area contributed by atoms with Gasteiger partial charge in [0.2, 0.25) is 0 Å². The highest BCUT2D eigenvalue weighted by Crippen LogP contribution is 2.65. The fourth-order valence-electron chi connectivity index (χ4n) is 17.8. The molecule has 3 aliphatic rings. The van der Waals surface area contributed by atoms with Gasteiger partial charge in [-0.25, -0.2) is 0 Å². The molecule has 0 aromatic heterocycles. The maximum absolute atomic E-state index is 2.56. The molecule has 4 nitrogen and oxygen atoms in total. The van der Waals surface area contributed by atoms with E-state index in [0.29, 0.717) is 0 Å². The van der Waals surface area contributed by atoms with Crippen LogP contribution in [-0.4, -0.2) is 6.04 Å². The van der Waals surface area contributed by atoms with Gasteiger partial charge in [-0.2, -0.15) is 0 Å². The normalized spacial score (nSPS) is 14.1. The largest absolute Gasteiger partial charge is 0.334 e. The number of rotatable bonds is 18. The van der Waals surface area contributed by atoms with E-state index in [0.717, 1.165) is 102 Å². The molecule has 2 atom stereocenters. The molecule has 0 saturated heterocycles. The van der Waals surface area contributed by atoms with Crippen molar-refractivity contribution in [1.29, 1.82) is 0 Å². The molecule has 0 fully saturated rings. The highest BCUT2D eigenvalue weighted by Gasteiger charge is 2.52. The zero-order valence-electron chi connectivity index (χ0n) is 62.4. The molecule has 20 rings (SSSR count). The van der Waals surface area contributed by atoms with Gasteiger partial charge in [0.1, 0.15) is 0 Å². The van der Waals surface area contributed by atoms with Gasteiger partial charge in [0, 0.05) is 62.6 Å². The number of nitrogens with zero attached hydrogens (tertiary/aromatic N) is 4. The summed E-state index contributed by atoms with van der Waals surface area (Å²) < 4.78 is 0. The topological polar surface area (TPSA) is 13.0 Å². The second-order valence-corrected chi connectivity index (χ2v) is 29.5. The van der Waals surface area contributed by atoms with Crippen molar-refractivity contribution in [2.75, 3.05) is 19.6 Å². The standard InChI is InChI=1S/C109H78N4/c1-9-30-77(31-10-1)81-52-61-92(62-53-81)110(88-38-17-5-18-39-88)96-70-86(71-97(75-96)111(89-40-19-6-20-41-89)93-63-54-82(55-64-93)78-32-11-2-12-33-78)85-60-69-102-101-46-25-27-49-104(101)109(107(102)74-85)105-50-28-26-47-103(105)108-100(48-29-51-106(108)109)87-72-98(112(90-42-21-7-22-43-90)94-65-56-83(57-66-94)79-34-13-3-14-35-79)76-99(73-87)113(91-44-23-8-24-45-91)95-67-58-84(59-68-95)80-36-15-4-16-37-80/h1-63,65-76,93H,64H2. The number of para-hydroxylation sites is 4. The molecule has 0 N–H and O–H groups in total. The van der Waals surface area contributed by atoms with Crippen molar-refractivity contribution in [3.05, 3.63) is 483 Å². The summed E-state index contributed by atoms with van der Waals surface area (Å²) in [7, 11) is 0. The first-order valence-corrected chi connectivity index (χ1v) is 39.1. The summed E-state index contributed by atoms with van der Waals surface area (Å²) in [5.41, 5.74) is 34.8. The third-order valence-corrected chi connectivity index (χ3v) is 22.9. The second-order valence-electron chi connectivity index (χ2n) is 29.5. The average Bonchev–Trinajstić information content (AvgIpc) is 1.50. The van der Waals surface area contributed by atoms with Crippen LogP contribution in [0.4, 0.5) is 62.6 Å². The first kappa shape index (κ1) is 67.7. The van der Waals surface area contributed by atoms with Crippen LogP contribution >= 0.6 is 0 Å². The Morgan fingerprint density at radius 3 is 1.00 bits per heavy atom. The lowest BCUT2D eigenvalue weighted by molar-refractivity contribution is 0.787. The van der Waals surface area contributed by atoms with Crippen molar-refractivity contribution in [3.8, 4) is 77.9 Å². The van der Waals surface area contributed by atoms with Gasteiger partial charge < -0.3 is 19.6 Å². The predicted molar refractivity (Wildman–Crippen MR) is 475 cm³/mol. The van der Waals surface area contributed by atoms with Crippen LogP contribution in [0.1, 0.15) is 34.2 Å². The lowest BCUT2D eigenvalue weighted by Crippen LogP contribution is -2.30. The molecule has 0 radical (unpaired) electrons. The van der Waals surface area contributed by atoms with E-state index >= 15 is 0 Å². The van der Waals surface area contributed by atoms with Crippen molar-refractivity contribution in [2.45, 2.75) is 17.9 Å². The molecule has 17 aromatic rings. The molecule has 1 spiro atoms. The lowest BCUT2D eigenvalue weighted by Gasteiger charge is -2.35. The first-order chi connectivity index (χ1) is 56.0. The minimum absolute atomic E-state index is 0.000633. The van der Waals surface area contributed by atoms with Gasteiger partial charge in [0.25, 0.3) is 0 Å². The lowest BCUT2D eigenvalue weighted by atomic mass is 9.70. The molecule has 0 bridgehead atoms. The Hall–Kier alpha value is -14.6. The van der Waals surface area contributed by atoms with Gasteiger partial charge in [-0.3, -0.25) is 0 Å². The second kappa shape index (κ2) is 29.4. The number of allylic oxidation sites excluding steroid dienone is 2. The molecule has 0 amide bonds. The van der Waals surface area contributed by atoms with Crippen LogP contribution in [-0.2, 0) is 5.41 Å². The van der Waals surface area contributed by atoms with E-state index in [2.05, 4.69) is 475 Å².